The van der Waals surface area contributed by atoms with Crippen molar-refractivity contribution in [1.82, 2.24) is 4.90 Å². The lowest BCUT2D eigenvalue weighted by Gasteiger charge is -2.38. The first-order valence-corrected chi connectivity index (χ1v) is 4.10. The SMILES string of the molecule is CC=C1C(=O)N2C(C(=O)O)=CCC12. The molecule has 0 spiro atoms. The predicted octanol–water partition coefficient (Wildman–Crippen LogP) is 0.516. The third kappa shape index (κ3) is 0.854. The van der Waals surface area contributed by atoms with Gasteiger partial charge in [0.2, 0.25) is 0 Å². The number of carboxylic acid groups (broad SMARTS) is 1. The summed E-state index contributed by atoms with van der Waals surface area (Å²) in [6.45, 7) is 1.79. The standard InChI is InChI=1S/C9H9NO3/c1-2-5-6-3-4-7(9(12)13)10(6)8(5)11/h2,4,6H,3H2,1H3,(H,12,13). The zero-order chi connectivity index (χ0) is 9.59. The van der Waals surface area contributed by atoms with Crippen LogP contribution in [0.25, 0.3) is 0 Å². The first-order valence-electron chi connectivity index (χ1n) is 4.10. The number of amides is 1. The Hall–Kier alpha value is -1.58. The van der Waals surface area contributed by atoms with Gasteiger partial charge in [0.25, 0.3) is 5.91 Å². The molecule has 4 heteroatoms. The minimum atomic E-state index is -1.02. The Morgan fingerprint density at radius 1 is 1.77 bits per heavy atom. The number of carbonyl (C=O) groups is 2. The van der Waals surface area contributed by atoms with Gasteiger partial charge in [0.05, 0.1) is 6.04 Å². The van der Waals surface area contributed by atoms with Gasteiger partial charge in [0, 0.05) is 5.57 Å². The molecule has 1 amide bonds. The van der Waals surface area contributed by atoms with E-state index in [0.717, 1.165) is 5.57 Å². The third-order valence-electron chi connectivity index (χ3n) is 2.46. The van der Waals surface area contributed by atoms with Crippen LogP contribution in [0.4, 0.5) is 0 Å². The minimum Gasteiger partial charge on any atom is -0.477 e. The van der Waals surface area contributed by atoms with Crippen LogP contribution in [-0.4, -0.2) is 27.9 Å². The highest BCUT2D eigenvalue weighted by Crippen LogP contribution is 2.37. The molecule has 2 aliphatic rings. The second kappa shape index (κ2) is 2.45. The fraction of sp³-hybridized carbons (Fsp3) is 0.333. The van der Waals surface area contributed by atoms with Crippen LogP contribution in [0.5, 0.6) is 0 Å². The molecular formula is C9H9NO3. The number of carboxylic acids is 1. The topological polar surface area (TPSA) is 57.6 Å². The maximum absolute atomic E-state index is 11.3. The van der Waals surface area contributed by atoms with E-state index in [9.17, 15) is 9.59 Å². The van der Waals surface area contributed by atoms with Crippen molar-refractivity contribution >= 4 is 11.9 Å². The van der Waals surface area contributed by atoms with E-state index in [1.165, 1.54) is 4.90 Å². The summed E-state index contributed by atoms with van der Waals surface area (Å²) in [5, 5.41) is 8.73. The lowest BCUT2D eigenvalue weighted by Crippen LogP contribution is -2.52. The Labute approximate surface area is 75.1 Å². The molecule has 0 aromatic rings. The van der Waals surface area contributed by atoms with E-state index in [0.29, 0.717) is 6.42 Å². The Morgan fingerprint density at radius 3 is 3.00 bits per heavy atom. The van der Waals surface area contributed by atoms with Gasteiger partial charge in [-0.3, -0.25) is 9.69 Å². The molecule has 2 heterocycles. The smallest absolute Gasteiger partial charge is 0.352 e. The first kappa shape index (κ1) is 8.04. The van der Waals surface area contributed by atoms with Gasteiger partial charge in [-0.25, -0.2) is 4.79 Å². The largest absolute Gasteiger partial charge is 0.477 e. The van der Waals surface area contributed by atoms with E-state index < -0.39 is 5.97 Å². The second-order valence-corrected chi connectivity index (χ2v) is 3.07. The van der Waals surface area contributed by atoms with Gasteiger partial charge in [-0.05, 0) is 13.3 Å². The highest BCUT2D eigenvalue weighted by Gasteiger charge is 2.47. The second-order valence-electron chi connectivity index (χ2n) is 3.07. The Kier molecular flexibility index (Phi) is 1.52. The van der Waals surface area contributed by atoms with E-state index >= 15 is 0 Å². The van der Waals surface area contributed by atoms with Crippen molar-refractivity contribution in [3.05, 3.63) is 23.4 Å². The van der Waals surface area contributed by atoms with Crippen LogP contribution in [-0.2, 0) is 9.59 Å². The molecular weight excluding hydrogens is 170 g/mol. The lowest BCUT2D eigenvalue weighted by atomic mass is 9.95. The number of rotatable bonds is 1. The number of β-lactam (4-membered cyclic amide) rings is 1. The zero-order valence-electron chi connectivity index (χ0n) is 7.15. The van der Waals surface area contributed by atoms with Gasteiger partial charge in [-0.15, -0.1) is 0 Å². The van der Waals surface area contributed by atoms with Crippen LogP contribution < -0.4 is 0 Å². The summed E-state index contributed by atoms with van der Waals surface area (Å²) < 4.78 is 0. The maximum atomic E-state index is 11.3. The van der Waals surface area contributed by atoms with E-state index in [1.54, 1.807) is 19.1 Å². The van der Waals surface area contributed by atoms with Gasteiger partial charge in [0.15, 0.2) is 0 Å². The Balaban J connectivity index is 2.28. The molecule has 0 radical (unpaired) electrons. The summed E-state index contributed by atoms with van der Waals surface area (Å²) in [5.74, 6) is -1.19. The highest BCUT2D eigenvalue weighted by molar-refractivity contribution is 6.08. The van der Waals surface area contributed by atoms with Crippen molar-refractivity contribution in [2.24, 2.45) is 0 Å². The minimum absolute atomic E-state index is 0.0106. The van der Waals surface area contributed by atoms with Crippen LogP contribution in [0.15, 0.2) is 23.4 Å². The zero-order valence-corrected chi connectivity index (χ0v) is 7.15. The number of allylic oxidation sites excluding steroid dienone is 1. The highest BCUT2D eigenvalue weighted by atomic mass is 16.4. The quantitative estimate of drug-likeness (QED) is 0.471. The normalized spacial score (nSPS) is 28.5. The summed E-state index contributed by atoms with van der Waals surface area (Å²) in [6, 6.07) is -0.0106. The van der Waals surface area contributed by atoms with Crippen LogP contribution in [0, 0.1) is 0 Å². The summed E-state index contributed by atoms with van der Waals surface area (Å²) in [4.78, 5) is 23.3. The van der Waals surface area contributed by atoms with Crippen molar-refractivity contribution in [1.29, 1.82) is 0 Å². The molecule has 4 nitrogen and oxygen atoms in total. The average Bonchev–Trinajstić information content (AvgIpc) is 2.45. The van der Waals surface area contributed by atoms with Crippen LogP contribution in [0.3, 0.4) is 0 Å². The fourth-order valence-electron chi connectivity index (χ4n) is 1.83. The number of carbonyl (C=O) groups excluding carboxylic acids is 1. The maximum Gasteiger partial charge on any atom is 0.352 e. The number of nitrogens with zero attached hydrogens (tertiary/aromatic N) is 1. The molecule has 1 saturated heterocycles. The van der Waals surface area contributed by atoms with E-state index in [1.807, 2.05) is 0 Å². The molecule has 2 aliphatic heterocycles. The molecule has 0 bridgehead atoms. The molecule has 13 heavy (non-hydrogen) atoms. The van der Waals surface area contributed by atoms with Gasteiger partial charge in [0.1, 0.15) is 5.70 Å². The third-order valence-corrected chi connectivity index (χ3v) is 2.46. The van der Waals surface area contributed by atoms with E-state index in [2.05, 4.69) is 0 Å². The van der Waals surface area contributed by atoms with Crippen molar-refractivity contribution in [3.8, 4) is 0 Å². The fourth-order valence-corrected chi connectivity index (χ4v) is 1.83. The first-order chi connectivity index (χ1) is 6.16. The van der Waals surface area contributed by atoms with Crippen LogP contribution in [0.1, 0.15) is 13.3 Å². The van der Waals surface area contributed by atoms with E-state index in [4.69, 9.17) is 5.11 Å². The van der Waals surface area contributed by atoms with Crippen LogP contribution >= 0.6 is 0 Å². The molecule has 1 atom stereocenters. The lowest BCUT2D eigenvalue weighted by molar-refractivity contribution is -0.142. The predicted molar refractivity (Wildman–Crippen MR) is 44.7 cm³/mol. The number of fused-ring (bicyclic) bond motifs is 1. The summed E-state index contributed by atoms with van der Waals surface area (Å²) in [7, 11) is 0. The van der Waals surface area contributed by atoms with Crippen LogP contribution in [0.2, 0.25) is 0 Å². The van der Waals surface area contributed by atoms with Gasteiger partial charge >= 0.3 is 5.97 Å². The van der Waals surface area contributed by atoms with Gasteiger partial charge < -0.3 is 5.11 Å². The van der Waals surface area contributed by atoms with Crippen molar-refractivity contribution < 1.29 is 14.7 Å². The number of hydrogen-bond acceptors (Lipinski definition) is 2. The molecule has 1 fully saturated rings. The molecule has 1 N–H and O–H groups in total. The summed E-state index contributed by atoms with van der Waals surface area (Å²) in [5.41, 5.74) is 0.855. The molecule has 2 rings (SSSR count). The van der Waals surface area contributed by atoms with Gasteiger partial charge in [-0.1, -0.05) is 12.2 Å². The van der Waals surface area contributed by atoms with E-state index in [-0.39, 0.29) is 17.6 Å². The van der Waals surface area contributed by atoms with Crippen molar-refractivity contribution in [2.45, 2.75) is 19.4 Å². The molecule has 1 unspecified atom stereocenters. The summed E-state index contributed by atoms with van der Waals surface area (Å²) in [6.07, 6.45) is 3.98. The van der Waals surface area contributed by atoms with Crippen molar-refractivity contribution in [2.75, 3.05) is 0 Å². The molecule has 0 aliphatic carbocycles. The Morgan fingerprint density at radius 2 is 2.46 bits per heavy atom. The molecule has 0 aromatic heterocycles. The number of hydrogen-bond donors (Lipinski definition) is 1. The summed E-state index contributed by atoms with van der Waals surface area (Å²) >= 11 is 0. The number of aliphatic carboxylic acids is 1. The average molecular weight is 179 g/mol. The van der Waals surface area contributed by atoms with Crippen molar-refractivity contribution in [3.63, 3.8) is 0 Å². The Bertz CT molecular complexity index is 354. The molecule has 0 aromatic carbocycles. The molecule has 0 saturated carbocycles. The van der Waals surface area contributed by atoms with Gasteiger partial charge in [-0.2, -0.15) is 0 Å². The monoisotopic (exact) mass is 179 g/mol. The molecule has 68 valence electrons.